The monoisotopic (exact) mass is 517 g/mol. The number of benzene rings is 1. The van der Waals surface area contributed by atoms with Crippen LogP contribution in [0.5, 0.6) is 0 Å². The summed E-state index contributed by atoms with van der Waals surface area (Å²) >= 11 is 0. The molecular formula is C30H31NO7. The SMILES string of the molecule is C=C=CC=C=CC(=CC)c1cc(C(=O)OC)n(CC2CCCO2)c1C(OC(=O)c1ccccc1)C(=O)OC. The van der Waals surface area contributed by atoms with Gasteiger partial charge < -0.3 is 23.5 Å². The lowest BCUT2D eigenvalue weighted by Gasteiger charge is -2.23. The first-order valence-corrected chi connectivity index (χ1v) is 12.2. The molecule has 2 atom stereocenters. The summed E-state index contributed by atoms with van der Waals surface area (Å²) in [7, 11) is 2.49. The summed E-state index contributed by atoms with van der Waals surface area (Å²) in [6, 6.07) is 9.93. The third-order valence-corrected chi connectivity index (χ3v) is 6.00. The Morgan fingerprint density at radius 2 is 1.92 bits per heavy atom. The standard InChI is InChI=1S/C30H31NO7/c1-5-7-8-10-14-21(6-2)24-19-25(29(33)35-3)31(20-23-17-13-18-37-23)26(24)27(30(34)36-4)38-28(32)22-15-11-9-12-16-22/h6-9,11-12,14-16,19,23,27H,1,13,17-18,20H2,2-4H3. The maximum Gasteiger partial charge on any atom is 0.354 e. The fourth-order valence-corrected chi connectivity index (χ4v) is 4.17. The molecule has 8 nitrogen and oxygen atoms in total. The molecule has 2 aromatic rings. The van der Waals surface area contributed by atoms with Crippen molar-refractivity contribution >= 4 is 23.5 Å². The highest BCUT2D eigenvalue weighted by atomic mass is 16.6. The fraction of sp³-hybridized carbons (Fsp3) is 0.300. The van der Waals surface area contributed by atoms with Gasteiger partial charge in [-0.25, -0.2) is 14.4 Å². The van der Waals surface area contributed by atoms with Crippen LogP contribution in [0.2, 0.25) is 0 Å². The van der Waals surface area contributed by atoms with Gasteiger partial charge in [-0.1, -0.05) is 30.9 Å². The van der Waals surface area contributed by atoms with E-state index < -0.39 is 24.0 Å². The lowest BCUT2D eigenvalue weighted by atomic mass is 10.0. The fourth-order valence-electron chi connectivity index (χ4n) is 4.17. The number of carbonyl (C=O) groups is 3. The van der Waals surface area contributed by atoms with Crippen LogP contribution in [0, 0.1) is 0 Å². The van der Waals surface area contributed by atoms with Gasteiger partial charge in [0.2, 0.25) is 6.10 Å². The van der Waals surface area contributed by atoms with Crippen molar-refractivity contribution in [2.75, 3.05) is 20.8 Å². The molecule has 2 unspecified atom stereocenters. The molecule has 0 aliphatic carbocycles. The van der Waals surface area contributed by atoms with E-state index in [9.17, 15) is 14.4 Å². The quantitative estimate of drug-likeness (QED) is 0.190. The van der Waals surface area contributed by atoms with Crippen LogP contribution in [0.3, 0.4) is 0 Å². The predicted octanol–water partition coefficient (Wildman–Crippen LogP) is 4.98. The third kappa shape index (κ3) is 6.69. The first kappa shape index (κ1) is 28.2. The Bertz CT molecular complexity index is 1300. The molecule has 38 heavy (non-hydrogen) atoms. The van der Waals surface area contributed by atoms with E-state index in [1.54, 1.807) is 72.2 Å². The second kappa shape index (κ2) is 13.8. The summed E-state index contributed by atoms with van der Waals surface area (Å²) in [6.07, 6.45) is 6.63. The minimum Gasteiger partial charge on any atom is -0.466 e. The topological polar surface area (TPSA) is 93.1 Å². The molecule has 0 saturated carbocycles. The van der Waals surface area contributed by atoms with E-state index >= 15 is 0 Å². The van der Waals surface area contributed by atoms with Gasteiger partial charge in [-0.3, -0.25) is 0 Å². The number of hydrogen-bond acceptors (Lipinski definition) is 7. The average Bonchev–Trinajstić information content (AvgIpc) is 3.60. The molecule has 1 saturated heterocycles. The minimum absolute atomic E-state index is 0.181. The molecule has 1 aliphatic heterocycles. The molecule has 0 spiro atoms. The Morgan fingerprint density at radius 3 is 2.53 bits per heavy atom. The number of hydrogen-bond donors (Lipinski definition) is 0. The number of ether oxygens (including phenoxy) is 4. The summed E-state index contributed by atoms with van der Waals surface area (Å²) in [5.74, 6) is -2.13. The van der Waals surface area contributed by atoms with Gasteiger partial charge in [0.25, 0.3) is 0 Å². The van der Waals surface area contributed by atoms with E-state index in [1.807, 2.05) is 0 Å². The molecule has 1 aliphatic rings. The zero-order valence-electron chi connectivity index (χ0n) is 21.8. The van der Waals surface area contributed by atoms with Crippen LogP contribution < -0.4 is 0 Å². The van der Waals surface area contributed by atoms with Crippen molar-refractivity contribution in [2.45, 2.75) is 38.5 Å². The van der Waals surface area contributed by atoms with Crippen LogP contribution in [0.25, 0.3) is 5.57 Å². The Kier molecular flexibility index (Phi) is 10.3. The van der Waals surface area contributed by atoms with Crippen LogP contribution in [0.4, 0.5) is 0 Å². The van der Waals surface area contributed by atoms with Gasteiger partial charge in [0.1, 0.15) is 5.69 Å². The van der Waals surface area contributed by atoms with E-state index in [0.717, 1.165) is 12.8 Å². The number of rotatable bonds is 10. The molecule has 2 heterocycles. The number of aromatic nitrogens is 1. The molecule has 0 bridgehead atoms. The number of allylic oxidation sites excluding steroid dienone is 4. The van der Waals surface area contributed by atoms with Gasteiger partial charge in [-0.05, 0) is 61.8 Å². The second-order valence-electron chi connectivity index (χ2n) is 8.33. The van der Waals surface area contributed by atoms with E-state index in [4.69, 9.17) is 18.9 Å². The maximum absolute atomic E-state index is 13.1. The zero-order valence-corrected chi connectivity index (χ0v) is 21.8. The van der Waals surface area contributed by atoms with Gasteiger partial charge in [0.05, 0.1) is 31.6 Å². The number of carbonyl (C=O) groups excluding carboxylic acids is 3. The predicted molar refractivity (Wildman–Crippen MR) is 141 cm³/mol. The van der Waals surface area contributed by atoms with Crippen molar-refractivity contribution in [3.05, 3.63) is 101 Å². The van der Waals surface area contributed by atoms with Gasteiger partial charge in [0.15, 0.2) is 0 Å². The minimum atomic E-state index is -1.48. The maximum atomic E-state index is 13.1. The Hall–Kier alpha value is -4.35. The Morgan fingerprint density at radius 1 is 1.16 bits per heavy atom. The van der Waals surface area contributed by atoms with Gasteiger partial charge in [-0.15, -0.1) is 11.5 Å². The number of esters is 3. The molecule has 0 amide bonds. The first-order chi connectivity index (χ1) is 18.4. The second-order valence-corrected chi connectivity index (χ2v) is 8.33. The first-order valence-electron chi connectivity index (χ1n) is 12.2. The average molecular weight is 518 g/mol. The van der Waals surface area contributed by atoms with E-state index in [-0.39, 0.29) is 29.6 Å². The van der Waals surface area contributed by atoms with Crippen LogP contribution in [-0.2, 0) is 30.3 Å². The Balaban J connectivity index is 2.26. The molecule has 0 N–H and O–H groups in total. The van der Waals surface area contributed by atoms with Crippen LogP contribution in [0.15, 0.2) is 78.7 Å². The number of methoxy groups -OCH3 is 2. The Labute approximate surface area is 222 Å². The van der Waals surface area contributed by atoms with E-state index in [0.29, 0.717) is 17.7 Å². The van der Waals surface area contributed by atoms with Crippen molar-refractivity contribution in [1.82, 2.24) is 4.57 Å². The van der Waals surface area contributed by atoms with Gasteiger partial charge >= 0.3 is 17.9 Å². The summed E-state index contributed by atoms with van der Waals surface area (Å²) < 4.78 is 23.3. The smallest absolute Gasteiger partial charge is 0.354 e. The highest BCUT2D eigenvalue weighted by Crippen LogP contribution is 2.34. The van der Waals surface area contributed by atoms with Crippen LogP contribution >= 0.6 is 0 Å². The lowest BCUT2D eigenvalue weighted by Crippen LogP contribution is -2.28. The van der Waals surface area contributed by atoms with E-state index in [2.05, 4.69) is 18.0 Å². The molecule has 1 aromatic carbocycles. The van der Waals surface area contributed by atoms with Crippen molar-refractivity contribution in [3.63, 3.8) is 0 Å². The van der Waals surface area contributed by atoms with Crippen LogP contribution in [0.1, 0.15) is 58.0 Å². The zero-order chi connectivity index (χ0) is 27.5. The lowest BCUT2D eigenvalue weighted by molar-refractivity contribution is -0.151. The summed E-state index contributed by atoms with van der Waals surface area (Å²) in [6.45, 7) is 6.16. The highest BCUT2D eigenvalue weighted by Gasteiger charge is 2.36. The van der Waals surface area contributed by atoms with Gasteiger partial charge in [-0.2, -0.15) is 0 Å². The van der Waals surface area contributed by atoms with Crippen molar-refractivity contribution in [1.29, 1.82) is 0 Å². The molecule has 0 radical (unpaired) electrons. The highest BCUT2D eigenvalue weighted by molar-refractivity contribution is 5.94. The van der Waals surface area contributed by atoms with Crippen LogP contribution in [-0.4, -0.2) is 49.4 Å². The van der Waals surface area contributed by atoms with Crippen molar-refractivity contribution < 1.29 is 33.3 Å². The van der Waals surface area contributed by atoms with E-state index in [1.165, 1.54) is 14.2 Å². The summed E-state index contributed by atoms with van der Waals surface area (Å²) in [5, 5.41) is 0. The van der Waals surface area contributed by atoms with Crippen molar-refractivity contribution in [2.24, 2.45) is 0 Å². The molecule has 1 aromatic heterocycles. The third-order valence-electron chi connectivity index (χ3n) is 6.00. The molecule has 3 rings (SSSR count). The number of nitrogens with zero attached hydrogens (tertiary/aromatic N) is 1. The normalized spacial score (nSPS) is 15.4. The summed E-state index contributed by atoms with van der Waals surface area (Å²) in [4.78, 5) is 39.1. The molecule has 198 valence electrons. The largest absolute Gasteiger partial charge is 0.466 e. The van der Waals surface area contributed by atoms with Gasteiger partial charge in [0, 0.05) is 18.7 Å². The molecular weight excluding hydrogens is 486 g/mol. The van der Waals surface area contributed by atoms with Crippen molar-refractivity contribution in [3.8, 4) is 0 Å². The molecule has 8 heteroatoms. The molecule has 1 fully saturated rings. The summed E-state index contributed by atoms with van der Waals surface area (Å²) in [5.41, 5.74) is 7.45.